The summed E-state index contributed by atoms with van der Waals surface area (Å²) in [5, 5.41) is 0.950. The number of rotatable bonds is 2. The normalized spacial score (nSPS) is 12.7. The standard InChI is InChI=1S/C10H11N3S/c1-7(11)10-13-6-9(14-10)8-4-2-3-5-12-8/h2-7H,11H2,1H3/t7-/m0/s1. The summed E-state index contributed by atoms with van der Waals surface area (Å²) in [6, 6.07) is 5.83. The van der Waals surface area contributed by atoms with Crippen molar-refractivity contribution in [2.45, 2.75) is 13.0 Å². The average molecular weight is 205 g/mol. The van der Waals surface area contributed by atoms with Crippen LogP contribution in [0.4, 0.5) is 0 Å². The second kappa shape index (κ2) is 3.86. The molecule has 3 nitrogen and oxygen atoms in total. The Morgan fingerprint density at radius 3 is 2.79 bits per heavy atom. The molecule has 0 bridgehead atoms. The van der Waals surface area contributed by atoms with Gasteiger partial charge in [0.25, 0.3) is 0 Å². The fourth-order valence-corrected chi connectivity index (χ4v) is 1.97. The second-order valence-electron chi connectivity index (χ2n) is 3.07. The zero-order chi connectivity index (χ0) is 9.97. The Kier molecular flexibility index (Phi) is 2.56. The SMILES string of the molecule is C[C@H](N)c1ncc(-c2ccccn2)s1. The molecule has 2 N–H and O–H groups in total. The topological polar surface area (TPSA) is 51.8 Å². The van der Waals surface area contributed by atoms with Crippen LogP contribution >= 0.6 is 11.3 Å². The van der Waals surface area contributed by atoms with E-state index in [2.05, 4.69) is 9.97 Å². The third-order valence-electron chi connectivity index (χ3n) is 1.83. The largest absolute Gasteiger partial charge is 0.322 e. The van der Waals surface area contributed by atoms with Gasteiger partial charge in [0.1, 0.15) is 5.01 Å². The highest BCUT2D eigenvalue weighted by molar-refractivity contribution is 7.15. The highest BCUT2D eigenvalue weighted by atomic mass is 32.1. The minimum atomic E-state index is -0.00235. The number of hydrogen-bond acceptors (Lipinski definition) is 4. The molecule has 0 aromatic carbocycles. The van der Waals surface area contributed by atoms with E-state index in [9.17, 15) is 0 Å². The van der Waals surface area contributed by atoms with E-state index in [4.69, 9.17) is 5.73 Å². The van der Waals surface area contributed by atoms with Gasteiger partial charge >= 0.3 is 0 Å². The van der Waals surface area contributed by atoms with E-state index >= 15 is 0 Å². The predicted molar refractivity (Wildman–Crippen MR) is 57.9 cm³/mol. The van der Waals surface area contributed by atoms with E-state index in [1.807, 2.05) is 31.3 Å². The van der Waals surface area contributed by atoms with E-state index < -0.39 is 0 Å². The van der Waals surface area contributed by atoms with Crippen molar-refractivity contribution >= 4 is 11.3 Å². The summed E-state index contributed by atoms with van der Waals surface area (Å²) in [6.07, 6.45) is 3.60. The van der Waals surface area contributed by atoms with Crippen molar-refractivity contribution in [1.29, 1.82) is 0 Å². The van der Waals surface area contributed by atoms with E-state index in [1.54, 1.807) is 17.5 Å². The lowest BCUT2D eigenvalue weighted by atomic mass is 10.3. The molecule has 1 atom stereocenters. The van der Waals surface area contributed by atoms with Crippen LogP contribution < -0.4 is 5.73 Å². The number of thiazole rings is 1. The molecular weight excluding hydrogens is 194 g/mol. The summed E-state index contributed by atoms with van der Waals surface area (Å²) in [5.41, 5.74) is 6.69. The van der Waals surface area contributed by atoms with Gasteiger partial charge in [0.15, 0.2) is 0 Å². The maximum Gasteiger partial charge on any atom is 0.110 e. The van der Waals surface area contributed by atoms with Crippen LogP contribution in [-0.2, 0) is 0 Å². The van der Waals surface area contributed by atoms with Crippen molar-refractivity contribution in [1.82, 2.24) is 9.97 Å². The van der Waals surface area contributed by atoms with Gasteiger partial charge in [0.2, 0.25) is 0 Å². The number of pyridine rings is 1. The Labute approximate surface area is 86.6 Å². The van der Waals surface area contributed by atoms with Crippen LogP contribution in [0, 0.1) is 0 Å². The summed E-state index contributed by atoms with van der Waals surface area (Å²) in [5.74, 6) is 0. The molecule has 2 rings (SSSR count). The lowest BCUT2D eigenvalue weighted by molar-refractivity contribution is 0.807. The first-order chi connectivity index (χ1) is 6.77. The smallest absolute Gasteiger partial charge is 0.110 e. The molecule has 2 heterocycles. The highest BCUT2D eigenvalue weighted by Crippen LogP contribution is 2.26. The quantitative estimate of drug-likeness (QED) is 0.818. The molecule has 0 fully saturated rings. The summed E-state index contributed by atoms with van der Waals surface area (Å²) in [6.45, 7) is 1.93. The minimum absolute atomic E-state index is 0.00235. The molecule has 0 amide bonds. The van der Waals surface area contributed by atoms with Gasteiger partial charge in [-0.25, -0.2) is 4.98 Å². The lowest BCUT2D eigenvalue weighted by Crippen LogP contribution is -2.03. The Bertz CT molecular complexity index is 408. The molecule has 0 aliphatic heterocycles. The van der Waals surface area contributed by atoms with Crippen molar-refractivity contribution in [3.05, 3.63) is 35.6 Å². The van der Waals surface area contributed by atoms with Crippen LogP contribution in [0.1, 0.15) is 18.0 Å². The van der Waals surface area contributed by atoms with Gasteiger partial charge in [-0.2, -0.15) is 0 Å². The number of nitrogens with two attached hydrogens (primary N) is 1. The lowest BCUT2D eigenvalue weighted by Gasteiger charge is -1.96. The Balaban J connectivity index is 2.34. The maximum absolute atomic E-state index is 5.73. The van der Waals surface area contributed by atoms with Gasteiger partial charge in [0.05, 0.1) is 16.6 Å². The summed E-state index contributed by atoms with van der Waals surface area (Å²) in [7, 11) is 0. The molecule has 14 heavy (non-hydrogen) atoms. The molecule has 4 heteroatoms. The van der Waals surface area contributed by atoms with Crippen LogP contribution in [0.3, 0.4) is 0 Å². The molecule has 0 saturated carbocycles. The number of hydrogen-bond donors (Lipinski definition) is 1. The molecule has 0 radical (unpaired) electrons. The summed E-state index contributed by atoms with van der Waals surface area (Å²) >= 11 is 1.60. The Morgan fingerprint density at radius 1 is 1.36 bits per heavy atom. The van der Waals surface area contributed by atoms with E-state index in [0.717, 1.165) is 15.6 Å². The fraction of sp³-hybridized carbons (Fsp3) is 0.200. The van der Waals surface area contributed by atoms with Crippen molar-refractivity contribution < 1.29 is 0 Å². The summed E-state index contributed by atoms with van der Waals surface area (Å²) in [4.78, 5) is 9.56. The first kappa shape index (κ1) is 9.30. The van der Waals surface area contributed by atoms with Crippen LogP contribution in [-0.4, -0.2) is 9.97 Å². The van der Waals surface area contributed by atoms with Gasteiger partial charge in [-0.05, 0) is 19.1 Å². The monoisotopic (exact) mass is 205 g/mol. The Hall–Kier alpha value is -1.26. The molecule has 0 unspecified atom stereocenters. The molecule has 0 aliphatic rings. The first-order valence-corrected chi connectivity index (χ1v) is 5.22. The molecule has 0 spiro atoms. The summed E-state index contributed by atoms with van der Waals surface area (Å²) < 4.78 is 0. The van der Waals surface area contributed by atoms with Gasteiger partial charge in [-0.1, -0.05) is 6.07 Å². The molecule has 72 valence electrons. The predicted octanol–water partition coefficient (Wildman–Crippen LogP) is 2.22. The van der Waals surface area contributed by atoms with Gasteiger partial charge in [-0.3, -0.25) is 4.98 Å². The number of nitrogens with zero attached hydrogens (tertiary/aromatic N) is 2. The third kappa shape index (κ3) is 1.81. The van der Waals surface area contributed by atoms with Crippen molar-refractivity contribution in [2.24, 2.45) is 5.73 Å². The van der Waals surface area contributed by atoms with Crippen LogP contribution in [0.25, 0.3) is 10.6 Å². The second-order valence-corrected chi connectivity index (χ2v) is 4.13. The van der Waals surface area contributed by atoms with Gasteiger partial charge < -0.3 is 5.73 Å². The average Bonchev–Trinajstić information content (AvgIpc) is 2.68. The van der Waals surface area contributed by atoms with Crippen LogP contribution in [0.15, 0.2) is 30.6 Å². The van der Waals surface area contributed by atoms with Gasteiger partial charge in [-0.15, -0.1) is 11.3 Å². The zero-order valence-corrected chi connectivity index (χ0v) is 8.66. The molecule has 0 aliphatic carbocycles. The molecule has 0 saturated heterocycles. The van der Waals surface area contributed by atoms with Crippen LogP contribution in [0.2, 0.25) is 0 Å². The molecule has 2 aromatic rings. The van der Waals surface area contributed by atoms with E-state index in [-0.39, 0.29) is 6.04 Å². The van der Waals surface area contributed by atoms with Crippen molar-refractivity contribution in [2.75, 3.05) is 0 Å². The van der Waals surface area contributed by atoms with Gasteiger partial charge in [0, 0.05) is 12.4 Å². The first-order valence-electron chi connectivity index (χ1n) is 4.40. The maximum atomic E-state index is 5.73. The zero-order valence-electron chi connectivity index (χ0n) is 7.84. The Morgan fingerprint density at radius 2 is 2.21 bits per heavy atom. The highest BCUT2D eigenvalue weighted by Gasteiger charge is 2.07. The van der Waals surface area contributed by atoms with Crippen LogP contribution in [0.5, 0.6) is 0 Å². The van der Waals surface area contributed by atoms with E-state index in [1.165, 1.54) is 0 Å². The van der Waals surface area contributed by atoms with Crippen molar-refractivity contribution in [3.63, 3.8) is 0 Å². The van der Waals surface area contributed by atoms with E-state index in [0.29, 0.717) is 0 Å². The fourth-order valence-electron chi connectivity index (χ4n) is 1.13. The number of aromatic nitrogens is 2. The van der Waals surface area contributed by atoms with Crippen molar-refractivity contribution in [3.8, 4) is 10.6 Å². The minimum Gasteiger partial charge on any atom is -0.322 e. The molecule has 2 aromatic heterocycles. The third-order valence-corrected chi connectivity index (χ3v) is 3.05. The molecular formula is C10H11N3S.